The number of imidazole rings is 1. The third-order valence-corrected chi connectivity index (χ3v) is 5.11. The van der Waals surface area contributed by atoms with E-state index in [0.29, 0.717) is 33.8 Å². The maximum absolute atomic E-state index is 13.5. The minimum Gasteiger partial charge on any atom is -0.480 e. The summed E-state index contributed by atoms with van der Waals surface area (Å²) < 4.78 is 8.29. The first-order valence-corrected chi connectivity index (χ1v) is 9.12. The van der Waals surface area contributed by atoms with Crippen molar-refractivity contribution in [2.24, 2.45) is 0 Å². The lowest BCUT2D eigenvalue weighted by Crippen LogP contribution is -2.20. The van der Waals surface area contributed by atoms with Crippen LogP contribution in [0, 0.1) is 17.0 Å². The average Bonchev–Trinajstić information content (AvgIpc) is 3.12. The molecular formula is C21H15N5O4. The summed E-state index contributed by atoms with van der Waals surface area (Å²) in [7, 11) is 1.51. The molecule has 9 nitrogen and oxygen atoms in total. The van der Waals surface area contributed by atoms with Gasteiger partial charge in [0.1, 0.15) is 5.52 Å². The number of benzene rings is 2. The Kier molecular flexibility index (Phi) is 3.78. The fourth-order valence-corrected chi connectivity index (χ4v) is 3.72. The molecule has 3 aromatic heterocycles. The van der Waals surface area contributed by atoms with Crippen LogP contribution in [0.25, 0.3) is 33.3 Å². The molecule has 0 unspecified atom stereocenters. The van der Waals surface area contributed by atoms with Crippen molar-refractivity contribution in [1.29, 1.82) is 0 Å². The number of aryl methyl sites for hydroxylation is 1. The Labute approximate surface area is 168 Å². The highest BCUT2D eigenvalue weighted by atomic mass is 16.6. The summed E-state index contributed by atoms with van der Waals surface area (Å²) in [6.07, 6.45) is 0. The molecule has 0 saturated carbocycles. The standard InChI is InChI=1S/C21H15N5O4/c1-12-4-3-5-15-18(12)19-20(25-16(22-19)10-11-17(23-25)30-2)24(21(15)27)13-6-8-14(9-7-13)26(28)29/h3-11H,1-2H3. The molecule has 30 heavy (non-hydrogen) atoms. The van der Waals surface area contributed by atoms with Gasteiger partial charge in [0, 0.05) is 23.6 Å². The van der Waals surface area contributed by atoms with Crippen LogP contribution in [-0.2, 0) is 0 Å². The van der Waals surface area contributed by atoms with E-state index in [9.17, 15) is 14.9 Å². The summed E-state index contributed by atoms with van der Waals surface area (Å²) in [5, 5.41) is 16.8. The molecule has 2 aromatic carbocycles. The largest absolute Gasteiger partial charge is 0.480 e. The number of nitro groups is 1. The van der Waals surface area contributed by atoms with Crippen molar-refractivity contribution < 1.29 is 9.66 Å². The second-order valence-electron chi connectivity index (χ2n) is 6.84. The van der Waals surface area contributed by atoms with E-state index >= 15 is 0 Å². The zero-order chi connectivity index (χ0) is 21.0. The molecule has 0 bridgehead atoms. The molecule has 0 spiro atoms. The molecular weight excluding hydrogens is 386 g/mol. The summed E-state index contributed by atoms with van der Waals surface area (Å²) >= 11 is 0. The quantitative estimate of drug-likeness (QED) is 0.339. The number of nitro benzene ring substituents is 1. The number of hydrogen-bond donors (Lipinski definition) is 0. The molecule has 0 aliphatic heterocycles. The SMILES string of the molecule is COc1ccc2nc3c4c(C)cccc4c(=O)n(-c4ccc([N+](=O)[O-])cc4)c3n2n1. The Morgan fingerprint density at radius 2 is 1.83 bits per heavy atom. The highest BCUT2D eigenvalue weighted by Gasteiger charge is 2.20. The van der Waals surface area contributed by atoms with Gasteiger partial charge in [0.15, 0.2) is 11.3 Å². The summed E-state index contributed by atoms with van der Waals surface area (Å²) in [6, 6.07) is 14.8. The molecule has 5 aromatic rings. The highest BCUT2D eigenvalue weighted by molar-refractivity contribution is 6.06. The molecule has 0 N–H and O–H groups in total. The normalized spacial score (nSPS) is 11.4. The predicted octanol–water partition coefficient (Wildman–Crippen LogP) is 3.41. The van der Waals surface area contributed by atoms with E-state index < -0.39 is 4.92 Å². The van der Waals surface area contributed by atoms with E-state index in [4.69, 9.17) is 9.72 Å². The first-order chi connectivity index (χ1) is 14.5. The van der Waals surface area contributed by atoms with Gasteiger partial charge in [-0.2, -0.15) is 4.52 Å². The Morgan fingerprint density at radius 3 is 2.53 bits per heavy atom. The Hall–Kier alpha value is -4.27. The van der Waals surface area contributed by atoms with Gasteiger partial charge in [0.05, 0.1) is 23.1 Å². The molecule has 148 valence electrons. The maximum atomic E-state index is 13.5. The molecule has 5 rings (SSSR count). The molecule has 9 heteroatoms. The van der Waals surface area contributed by atoms with Crippen molar-refractivity contribution in [2.75, 3.05) is 7.11 Å². The second kappa shape index (κ2) is 6.38. The first-order valence-electron chi connectivity index (χ1n) is 9.12. The van der Waals surface area contributed by atoms with Gasteiger partial charge < -0.3 is 4.74 Å². The van der Waals surface area contributed by atoms with Crippen LogP contribution in [0.3, 0.4) is 0 Å². The number of nitrogens with zero attached hydrogens (tertiary/aromatic N) is 5. The van der Waals surface area contributed by atoms with Crippen LogP contribution < -0.4 is 10.3 Å². The molecule has 0 saturated heterocycles. The fourth-order valence-electron chi connectivity index (χ4n) is 3.72. The zero-order valence-corrected chi connectivity index (χ0v) is 16.1. The molecule has 0 aliphatic rings. The van der Waals surface area contributed by atoms with Crippen LogP contribution in [0.5, 0.6) is 5.88 Å². The van der Waals surface area contributed by atoms with Crippen LogP contribution in [-0.4, -0.2) is 31.2 Å². The van der Waals surface area contributed by atoms with Crippen molar-refractivity contribution in [3.05, 3.63) is 80.6 Å². The predicted molar refractivity (Wildman–Crippen MR) is 112 cm³/mol. The van der Waals surface area contributed by atoms with Crippen molar-refractivity contribution in [3.63, 3.8) is 0 Å². The fraction of sp³-hybridized carbons (Fsp3) is 0.0952. The zero-order valence-electron chi connectivity index (χ0n) is 16.1. The topological polar surface area (TPSA) is 105 Å². The van der Waals surface area contributed by atoms with E-state index in [1.54, 1.807) is 34.8 Å². The lowest BCUT2D eigenvalue weighted by molar-refractivity contribution is -0.384. The van der Waals surface area contributed by atoms with Crippen LogP contribution >= 0.6 is 0 Å². The summed E-state index contributed by atoms with van der Waals surface area (Å²) in [4.78, 5) is 28.8. The monoisotopic (exact) mass is 401 g/mol. The van der Waals surface area contributed by atoms with Crippen molar-refractivity contribution >= 4 is 33.3 Å². The molecule has 0 fully saturated rings. The smallest absolute Gasteiger partial charge is 0.269 e. The van der Waals surface area contributed by atoms with Gasteiger partial charge in [0.2, 0.25) is 5.88 Å². The van der Waals surface area contributed by atoms with E-state index in [2.05, 4.69) is 5.10 Å². The lowest BCUT2D eigenvalue weighted by Gasteiger charge is -2.11. The summed E-state index contributed by atoms with van der Waals surface area (Å²) in [5.41, 5.74) is 2.70. The number of aromatic nitrogens is 4. The lowest BCUT2D eigenvalue weighted by atomic mass is 10.1. The van der Waals surface area contributed by atoms with Crippen LogP contribution in [0.4, 0.5) is 5.69 Å². The molecule has 0 atom stereocenters. The number of ether oxygens (including phenoxy) is 1. The minimum absolute atomic E-state index is 0.0578. The number of hydrogen-bond acceptors (Lipinski definition) is 6. The summed E-state index contributed by atoms with van der Waals surface area (Å²) in [6.45, 7) is 1.93. The van der Waals surface area contributed by atoms with Crippen LogP contribution in [0.1, 0.15) is 5.56 Å². The third-order valence-electron chi connectivity index (χ3n) is 5.11. The Morgan fingerprint density at radius 1 is 1.07 bits per heavy atom. The van der Waals surface area contributed by atoms with Crippen molar-refractivity contribution in [1.82, 2.24) is 19.2 Å². The number of rotatable bonds is 3. The van der Waals surface area contributed by atoms with Gasteiger partial charge in [-0.15, -0.1) is 5.10 Å². The molecule has 0 aliphatic carbocycles. The van der Waals surface area contributed by atoms with Gasteiger partial charge in [-0.25, -0.2) is 4.98 Å². The van der Waals surface area contributed by atoms with Gasteiger partial charge in [0.25, 0.3) is 11.2 Å². The highest BCUT2D eigenvalue weighted by Crippen LogP contribution is 2.28. The van der Waals surface area contributed by atoms with E-state index in [0.717, 1.165) is 10.9 Å². The molecule has 0 amide bonds. The Bertz CT molecular complexity index is 1530. The molecule has 0 radical (unpaired) electrons. The summed E-state index contributed by atoms with van der Waals surface area (Å²) in [5.74, 6) is 0.370. The van der Waals surface area contributed by atoms with E-state index in [1.165, 1.54) is 23.8 Å². The number of methoxy groups -OCH3 is 1. The van der Waals surface area contributed by atoms with Gasteiger partial charge >= 0.3 is 0 Å². The van der Waals surface area contributed by atoms with Gasteiger partial charge in [-0.05, 0) is 36.8 Å². The van der Waals surface area contributed by atoms with Gasteiger partial charge in [-0.1, -0.05) is 12.1 Å². The molecule has 3 heterocycles. The number of pyridine rings is 1. The van der Waals surface area contributed by atoms with Gasteiger partial charge in [-0.3, -0.25) is 19.5 Å². The number of fused-ring (bicyclic) bond motifs is 5. The van der Waals surface area contributed by atoms with E-state index in [-0.39, 0.29) is 11.2 Å². The van der Waals surface area contributed by atoms with Crippen molar-refractivity contribution in [3.8, 4) is 11.6 Å². The minimum atomic E-state index is -0.480. The first kappa shape index (κ1) is 17.8. The average molecular weight is 401 g/mol. The number of non-ortho nitro benzene ring substituents is 1. The van der Waals surface area contributed by atoms with Crippen molar-refractivity contribution in [2.45, 2.75) is 6.92 Å². The van der Waals surface area contributed by atoms with Crippen LogP contribution in [0.15, 0.2) is 59.4 Å². The maximum Gasteiger partial charge on any atom is 0.269 e. The third kappa shape index (κ3) is 2.45. The van der Waals surface area contributed by atoms with Crippen LogP contribution in [0.2, 0.25) is 0 Å². The Balaban J connectivity index is 2.00. The second-order valence-corrected chi connectivity index (χ2v) is 6.84. The van der Waals surface area contributed by atoms with E-state index in [1.807, 2.05) is 19.1 Å².